The summed E-state index contributed by atoms with van der Waals surface area (Å²) in [7, 11) is 0. The van der Waals surface area contributed by atoms with Gasteiger partial charge in [-0.15, -0.1) is 0 Å². The molecule has 176 valence electrons. The van der Waals surface area contributed by atoms with Crippen molar-refractivity contribution in [3.63, 3.8) is 0 Å². The van der Waals surface area contributed by atoms with Crippen molar-refractivity contribution in [1.82, 2.24) is 21.3 Å². The van der Waals surface area contributed by atoms with Crippen LogP contribution in [0.2, 0.25) is 0 Å². The number of aliphatic carboxylic acids is 1. The first kappa shape index (κ1) is 25.8. The number of thiol groups is 2. The second-order valence-corrected chi connectivity index (χ2v) is 8.14. The number of carboxylic acids is 1. The molecule has 0 aromatic heterocycles. The number of amides is 3. The zero-order chi connectivity index (χ0) is 23.7. The van der Waals surface area contributed by atoms with Crippen molar-refractivity contribution in [2.75, 3.05) is 18.1 Å². The molecule has 1 heterocycles. The molecule has 0 spiro atoms. The molecular weight excluding hydrogens is 456 g/mol. The number of hydrogen-bond acceptors (Lipinski definition) is 8. The van der Waals surface area contributed by atoms with E-state index in [9.17, 15) is 29.4 Å². The number of rotatable bonds is 11. The van der Waals surface area contributed by atoms with Crippen molar-refractivity contribution < 1.29 is 29.4 Å². The molecule has 1 aliphatic heterocycles. The highest BCUT2D eigenvalue weighted by Gasteiger charge is 2.30. The van der Waals surface area contributed by atoms with E-state index in [-0.39, 0.29) is 35.6 Å². The molecule has 4 unspecified atom stereocenters. The van der Waals surface area contributed by atoms with Gasteiger partial charge in [0.2, 0.25) is 17.7 Å². The summed E-state index contributed by atoms with van der Waals surface area (Å²) in [5, 5.41) is 29.3. The molecule has 1 aromatic rings. The molecular formula is C20H28N4O6S2. The number of aromatic hydroxyl groups is 1. The first-order valence-electron chi connectivity index (χ1n) is 10.1. The molecule has 6 N–H and O–H groups in total. The largest absolute Gasteiger partial charge is 0.508 e. The lowest BCUT2D eigenvalue weighted by Crippen LogP contribution is -2.58. The monoisotopic (exact) mass is 484 g/mol. The number of phenols is 1. The molecule has 0 aliphatic carbocycles. The Morgan fingerprint density at radius 1 is 0.969 bits per heavy atom. The lowest BCUT2D eigenvalue weighted by Gasteiger charge is -2.24. The summed E-state index contributed by atoms with van der Waals surface area (Å²) >= 11 is 8.07. The van der Waals surface area contributed by atoms with Gasteiger partial charge in [-0.25, -0.2) is 4.79 Å². The SMILES string of the molecule is O=C(O)C(CS)NC(=O)C(Cc1ccc(O)cc1)NC(=O)C(CS)NC(=O)C1CCCN1. The van der Waals surface area contributed by atoms with Gasteiger partial charge in [0.05, 0.1) is 6.04 Å². The van der Waals surface area contributed by atoms with E-state index in [0.717, 1.165) is 13.0 Å². The molecule has 1 aromatic carbocycles. The fraction of sp³-hybridized carbons (Fsp3) is 0.500. The maximum absolute atomic E-state index is 12.8. The van der Waals surface area contributed by atoms with Crippen molar-refractivity contribution in [1.29, 1.82) is 0 Å². The number of carbonyl (C=O) groups excluding carboxylic acids is 3. The van der Waals surface area contributed by atoms with Crippen molar-refractivity contribution in [2.45, 2.75) is 43.4 Å². The van der Waals surface area contributed by atoms with Gasteiger partial charge in [-0.1, -0.05) is 12.1 Å². The van der Waals surface area contributed by atoms with E-state index in [1.165, 1.54) is 12.1 Å². The Kier molecular flexibility index (Phi) is 10.1. The van der Waals surface area contributed by atoms with Gasteiger partial charge in [0.15, 0.2) is 0 Å². The Morgan fingerprint density at radius 3 is 2.09 bits per heavy atom. The second-order valence-electron chi connectivity index (χ2n) is 7.41. The van der Waals surface area contributed by atoms with Gasteiger partial charge in [-0.2, -0.15) is 25.3 Å². The maximum Gasteiger partial charge on any atom is 0.327 e. The van der Waals surface area contributed by atoms with Crippen LogP contribution in [-0.4, -0.2) is 76.1 Å². The van der Waals surface area contributed by atoms with Gasteiger partial charge >= 0.3 is 5.97 Å². The van der Waals surface area contributed by atoms with Crippen LogP contribution in [0.25, 0.3) is 0 Å². The van der Waals surface area contributed by atoms with Crippen molar-refractivity contribution in [2.24, 2.45) is 0 Å². The summed E-state index contributed by atoms with van der Waals surface area (Å²) < 4.78 is 0. The third kappa shape index (κ3) is 7.61. The highest BCUT2D eigenvalue weighted by molar-refractivity contribution is 7.80. The van der Waals surface area contributed by atoms with E-state index in [2.05, 4.69) is 46.5 Å². The quantitative estimate of drug-likeness (QED) is 0.189. The first-order valence-corrected chi connectivity index (χ1v) is 11.4. The normalized spacial score (nSPS) is 18.2. The number of benzene rings is 1. The first-order chi connectivity index (χ1) is 15.2. The molecule has 0 bridgehead atoms. The van der Waals surface area contributed by atoms with Crippen LogP contribution in [0.3, 0.4) is 0 Å². The van der Waals surface area contributed by atoms with Crippen molar-refractivity contribution in [3.05, 3.63) is 29.8 Å². The Balaban J connectivity index is 2.12. The van der Waals surface area contributed by atoms with E-state index in [4.69, 9.17) is 0 Å². The number of hydrogen-bond donors (Lipinski definition) is 8. The van der Waals surface area contributed by atoms with Gasteiger partial charge in [-0.3, -0.25) is 14.4 Å². The van der Waals surface area contributed by atoms with Crippen LogP contribution in [0.4, 0.5) is 0 Å². The number of carboxylic acid groups (broad SMARTS) is 1. The van der Waals surface area contributed by atoms with Gasteiger partial charge in [0.25, 0.3) is 0 Å². The van der Waals surface area contributed by atoms with E-state index in [1.54, 1.807) is 12.1 Å². The number of carbonyl (C=O) groups is 4. The molecule has 0 saturated carbocycles. The van der Waals surface area contributed by atoms with E-state index in [1.807, 2.05) is 0 Å². The van der Waals surface area contributed by atoms with Gasteiger partial charge in [0.1, 0.15) is 23.9 Å². The predicted octanol–water partition coefficient (Wildman–Crippen LogP) is -0.915. The summed E-state index contributed by atoms with van der Waals surface area (Å²) in [6.45, 7) is 0.723. The summed E-state index contributed by atoms with van der Waals surface area (Å²) in [5.74, 6) is -3.00. The van der Waals surface area contributed by atoms with Crippen molar-refractivity contribution >= 4 is 48.9 Å². The highest BCUT2D eigenvalue weighted by Crippen LogP contribution is 2.12. The minimum atomic E-state index is -1.26. The average Bonchev–Trinajstić information content (AvgIpc) is 3.31. The zero-order valence-corrected chi connectivity index (χ0v) is 19.1. The molecule has 1 aliphatic rings. The third-order valence-electron chi connectivity index (χ3n) is 5.00. The summed E-state index contributed by atoms with van der Waals surface area (Å²) in [5.41, 5.74) is 0.627. The molecule has 1 saturated heterocycles. The molecule has 0 radical (unpaired) electrons. The van der Waals surface area contributed by atoms with Crippen LogP contribution >= 0.6 is 25.3 Å². The van der Waals surface area contributed by atoms with Gasteiger partial charge in [0, 0.05) is 17.9 Å². The van der Waals surface area contributed by atoms with Crippen molar-refractivity contribution in [3.8, 4) is 5.75 Å². The predicted molar refractivity (Wildman–Crippen MR) is 124 cm³/mol. The van der Waals surface area contributed by atoms with E-state index >= 15 is 0 Å². The van der Waals surface area contributed by atoms with Gasteiger partial charge in [-0.05, 0) is 37.1 Å². The minimum absolute atomic E-state index is 0.00618. The Bertz CT molecular complexity index is 817. The molecule has 2 rings (SSSR count). The summed E-state index contributed by atoms with van der Waals surface area (Å²) in [6, 6.07) is 2.31. The topological polar surface area (TPSA) is 157 Å². The minimum Gasteiger partial charge on any atom is -0.508 e. The molecule has 10 nitrogen and oxygen atoms in total. The average molecular weight is 485 g/mol. The molecule has 12 heteroatoms. The summed E-state index contributed by atoms with van der Waals surface area (Å²) in [4.78, 5) is 49.2. The van der Waals surface area contributed by atoms with Crippen LogP contribution in [0.15, 0.2) is 24.3 Å². The Morgan fingerprint density at radius 2 is 1.56 bits per heavy atom. The fourth-order valence-corrected chi connectivity index (χ4v) is 3.69. The van der Waals surface area contributed by atoms with Crippen LogP contribution in [-0.2, 0) is 25.6 Å². The fourth-order valence-electron chi connectivity index (χ4n) is 3.18. The molecule has 3 amide bonds. The van der Waals surface area contributed by atoms with E-state index in [0.29, 0.717) is 12.0 Å². The molecule has 4 atom stereocenters. The maximum atomic E-state index is 12.8. The van der Waals surface area contributed by atoms with Crippen LogP contribution < -0.4 is 21.3 Å². The lowest BCUT2D eigenvalue weighted by molar-refractivity contribution is -0.141. The Hall–Kier alpha value is -2.44. The number of nitrogens with one attached hydrogen (secondary N) is 4. The second kappa shape index (κ2) is 12.6. The smallest absolute Gasteiger partial charge is 0.327 e. The van der Waals surface area contributed by atoms with Crippen LogP contribution in [0, 0.1) is 0 Å². The van der Waals surface area contributed by atoms with Gasteiger partial charge < -0.3 is 31.5 Å². The standard InChI is InChI=1S/C20H28N4O6S2/c25-12-5-3-11(4-6-12)8-14(18(27)24-16(10-32)20(29)30)22-19(28)15(9-31)23-17(26)13-2-1-7-21-13/h3-6,13-16,21,25,31-32H,1-2,7-10H2,(H,22,28)(H,23,26)(H,24,27)(H,29,30). The molecule has 32 heavy (non-hydrogen) atoms. The van der Waals surface area contributed by atoms with Crippen LogP contribution in [0.5, 0.6) is 5.75 Å². The third-order valence-corrected chi connectivity index (χ3v) is 5.73. The number of phenolic OH excluding ortho intramolecular Hbond substituents is 1. The zero-order valence-electron chi connectivity index (χ0n) is 17.3. The summed E-state index contributed by atoms with van der Waals surface area (Å²) in [6.07, 6.45) is 1.56. The van der Waals surface area contributed by atoms with Crippen LogP contribution in [0.1, 0.15) is 18.4 Å². The van der Waals surface area contributed by atoms with E-state index < -0.39 is 35.9 Å². The molecule has 1 fully saturated rings. The Labute approximate surface area is 196 Å². The highest BCUT2D eigenvalue weighted by atomic mass is 32.1. The lowest BCUT2D eigenvalue weighted by atomic mass is 10.0.